The second kappa shape index (κ2) is 7.02. The third-order valence-corrected chi connectivity index (χ3v) is 5.30. The standard InChI is InChI=1S/C21H19Cl2N3O/c1-13(2)25-11-10-18-19(21(25)27)20(14-6-8-15(22)9-7-14)26(24-18)17-5-3-4-16(23)12-17/h3-9,12-13H,10-11H2,1-2H3. The Balaban J connectivity index is 1.97. The van der Waals surface area contributed by atoms with Crippen molar-refractivity contribution >= 4 is 29.1 Å². The van der Waals surface area contributed by atoms with Crippen molar-refractivity contribution in [2.24, 2.45) is 0 Å². The fourth-order valence-electron chi connectivity index (χ4n) is 3.50. The van der Waals surface area contributed by atoms with E-state index in [1.165, 1.54) is 0 Å². The molecule has 0 fully saturated rings. The summed E-state index contributed by atoms with van der Waals surface area (Å²) in [5.74, 6) is 0.0180. The molecule has 0 saturated carbocycles. The van der Waals surface area contributed by atoms with Gasteiger partial charge in [0, 0.05) is 34.6 Å². The lowest BCUT2D eigenvalue weighted by Crippen LogP contribution is -2.42. The monoisotopic (exact) mass is 399 g/mol. The van der Waals surface area contributed by atoms with Crippen molar-refractivity contribution in [2.45, 2.75) is 26.3 Å². The molecule has 0 radical (unpaired) electrons. The predicted octanol–water partition coefficient (Wildman–Crippen LogP) is 5.25. The number of hydrogen-bond acceptors (Lipinski definition) is 2. The third-order valence-electron chi connectivity index (χ3n) is 4.82. The van der Waals surface area contributed by atoms with Gasteiger partial charge in [0.2, 0.25) is 0 Å². The van der Waals surface area contributed by atoms with Crippen LogP contribution in [0.2, 0.25) is 10.0 Å². The summed E-state index contributed by atoms with van der Waals surface area (Å²) in [5.41, 5.74) is 3.98. The van der Waals surface area contributed by atoms with Gasteiger partial charge in [0.05, 0.1) is 22.6 Å². The largest absolute Gasteiger partial charge is 0.336 e. The van der Waals surface area contributed by atoms with E-state index in [9.17, 15) is 4.79 Å². The van der Waals surface area contributed by atoms with Gasteiger partial charge in [-0.25, -0.2) is 4.68 Å². The van der Waals surface area contributed by atoms with Crippen LogP contribution in [0.15, 0.2) is 48.5 Å². The lowest BCUT2D eigenvalue weighted by atomic mass is 9.99. The minimum atomic E-state index is 0.0180. The number of aromatic nitrogens is 2. The first-order valence-corrected chi connectivity index (χ1v) is 9.66. The van der Waals surface area contributed by atoms with Crippen LogP contribution in [-0.4, -0.2) is 33.2 Å². The number of carbonyl (C=O) groups is 1. The Morgan fingerprint density at radius 2 is 1.78 bits per heavy atom. The Hall–Kier alpha value is -2.30. The Kier molecular flexibility index (Phi) is 4.70. The molecular weight excluding hydrogens is 381 g/mol. The first kappa shape index (κ1) is 18.1. The normalized spacial score (nSPS) is 14.0. The van der Waals surface area contributed by atoms with Gasteiger partial charge in [-0.05, 0) is 44.2 Å². The van der Waals surface area contributed by atoms with E-state index in [4.69, 9.17) is 28.3 Å². The van der Waals surface area contributed by atoms with Gasteiger partial charge in [0.15, 0.2) is 0 Å². The summed E-state index contributed by atoms with van der Waals surface area (Å²) in [6, 6.07) is 15.1. The van der Waals surface area contributed by atoms with Crippen LogP contribution >= 0.6 is 23.2 Å². The minimum absolute atomic E-state index is 0.0180. The lowest BCUT2D eigenvalue weighted by Gasteiger charge is -2.30. The van der Waals surface area contributed by atoms with Crippen molar-refractivity contribution in [1.29, 1.82) is 0 Å². The molecule has 6 heteroatoms. The molecule has 1 aromatic heterocycles. The van der Waals surface area contributed by atoms with E-state index in [1.807, 2.05) is 72.0 Å². The number of amides is 1. The Bertz CT molecular complexity index is 1010. The van der Waals surface area contributed by atoms with Gasteiger partial charge in [-0.2, -0.15) is 5.10 Å². The first-order valence-electron chi connectivity index (χ1n) is 8.90. The molecule has 0 atom stereocenters. The number of benzene rings is 2. The maximum atomic E-state index is 13.3. The van der Waals surface area contributed by atoms with Crippen molar-refractivity contribution in [3.8, 4) is 16.9 Å². The van der Waals surface area contributed by atoms with Crippen LogP contribution in [0.1, 0.15) is 29.9 Å². The summed E-state index contributed by atoms with van der Waals surface area (Å²) in [6.45, 7) is 4.74. The molecule has 0 aliphatic carbocycles. The number of hydrogen-bond donors (Lipinski definition) is 0. The van der Waals surface area contributed by atoms with Gasteiger partial charge in [-0.1, -0.05) is 41.4 Å². The molecule has 0 spiro atoms. The maximum Gasteiger partial charge on any atom is 0.258 e. The molecule has 1 aliphatic rings. The van der Waals surface area contributed by atoms with Crippen LogP contribution in [0.25, 0.3) is 16.9 Å². The summed E-state index contributed by atoms with van der Waals surface area (Å²) >= 11 is 12.3. The maximum absolute atomic E-state index is 13.3. The molecule has 0 N–H and O–H groups in total. The van der Waals surface area contributed by atoms with Crippen LogP contribution in [0.4, 0.5) is 0 Å². The fourth-order valence-corrected chi connectivity index (χ4v) is 3.81. The van der Waals surface area contributed by atoms with E-state index < -0.39 is 0 Å². The van der Waals surface area contributed by atoms with Gasteiger partial charge in [-0.15, -0.1) is 0 Å². The molecular formula is C21H19Cl2N3O. The Morgan fingerprint density at radius 3 is 2.44 bits per heavy atom. The molecule has 1 amide bonds. The van der Waals surface area contributed by atoms with E-state index >= 15 is 0 Å². The van der Waals surface area contributed by atoms with Gasteiger partial charge < -0.3 is 4.90 Å². The summed E-state index contributed by atoms with van der Waals surface area (Å²) in [4.78, 5) is 15.1. The fraction of sp³-hybridized carbons (Fsp3) is 0.238. The molecule has 4 nitrogen and oxygen atoms in total. The minimum Gasteiger partial charge on any atom is -0.336 e. The summed E-state index contributed by atoms with van der Waals surface area (Å²) in [7, 11) is 0. The van der Waals surface area contributed by atoms with Crippen molar-refractivity contribution in [1.82, 2.24) is 14.7 Å². The Morgan fingerprint density at radius 1 is 1.04 bits per heavy atom. The smallest absolute Gasteiger partial charge is 0.258 e. The zero-order valence-corrected chi connectivity index (χ0v) is 16.6. The van der Waals surface area contributed by atoms with Crippen LogP contribution in [0.3, 0.4) is 0 Å². The van der Waals surface area contributed by atoms with Crippen LogP contribution in [-0.2, 0) is 6.42 Å². The average Bonchev–Trinajstić information content (AvgIpc) is 3.03. The summed E-state index contributed by atoms with van der Waals surface area (Å²) in [6.07, 6.45) is 0.730. The first-order chi connectivity index (χ1) is 13.0. The molecule has 3 aromatic rings. The van der Waals surface area contributed by atoms with Crippen molar-refractivity contribution in [3.63, 3.8) is 0 Å². The molecule has 0 bridgehead atoms. The summed E-state index contributed by atoms with van der Waals surface area (Å²) < 4.78 is 1.82. The molecule has 2 aromatic carbocycles. The predicted molar refractivity (Wildman–Crippen MR) is 109 cm³/mol. The molecule has 27 heavy (non-hydrogen) atoms. The molecule has 0 saturated heterocycles. The number of halogens is 2. The van der Waals surface area contributed by atoms with Crippen LogP contribution in [0.5, 0.6) is 0 Å². The summed E-state index contributed by atoms with van der Waals surface area (Å²) in [5, 5.41) is 6.06. The SMILES string of the molecule is CC(C)N1CCc2nn(-c3cccc(Cl)c3)c(-c3ccc(Cl)cc3)c2C1=O. The highest BCUT2D eigenvalue weighted by atomic mass is 35.5. The highest BCUT2D eigenvalue weighted by molar-refractivity contribution is 6.31. The van der Waals surface area contributed by atoms with Gasteiger partial charge >= 0.3 is 0 Å². The average molecular weight is 400 g/mol. The molecule has 4 rings (SSSR count). The topological polar surface area (TPSA) is 38.1 Å². The van der Waals surface area contributed by atoms with E-state index in [-0.39, 0.29) is 11.9 Å². The van der Waals surface area contributed by atoms with Crippen molar-refractivity contribution < 1.29 is 4.79 Å². The number of fused-ring (bicyclic) bond motifs is 1. The lowest BCUT2D eigenvalue weighted by molar-refractivity contribution is 0.0689. The highest BCUT2D eigenvalue weighted by Crippen LogP contribution is 2.34. The van der Waals surface area contributed by atoms with Crippen LogP contribution in [0, 0.1) is 0 Å². The number of carbonyl (C=O) groups excluding carboxylic acids is 1. The van der Waals surface area contributed by atoms with Crippen LogP contribution < -0.4 is 0 Å². The molecule has 2 heterocycles. The van der Waals surface area contributed by atoms with E-state index in [1.54, 1.807) is 0 Å². The molecule has 1 aliphatic heterocycles. The van der Waals surface area contributed by atoms with E-state index in [2.05, 4.69) is 0 Å². The van der Waals surface area contributed by atoms with Gasteiger partial charge in [0.25, 0.3) is 5.91 Å². The highest BCUT2D eigenvalue weighted by Gasteiger charge is 2.33. The van der Waals surface area contributed by atoms with Crippen molar-refractivity contribution in [3.05, 3.63) is 69.8 Å². The van der Waals surface area contributed by atoms with Gasteiger partial charge in [-0.3, -0.25) is 4.79 Å². The Labute approximate surface area is 168 Å². The molecule has 138 valence electrons. The number of nitrogens with zero attached hydrogens (tertiary/aromatic N) is 3. The third kappa shape index (κ3) is 3.24. The van der Waals surface area contributed by atoms with E-state index in [0.29, 0.717) is 22.2 Å². The zero-order valence-electron chi connectivity index (χ0n) is 15.1. The second-order valence-corrected chi connectivity index (χ2v) is 7.78. The molecule has 0 unspecified atom stereocenters. The number of rotatable bonds is 3. The van der Waals surface area contributed by atoms with Crippen molar-refractivity contribution in [2.75, 3.05) is 6.54 Å². The van der Waals surface area contributed by atoms with E-state index in [0.717, 1.165) is 29.1 Å². The quantitative estimate of drug-likeness (QED) is 0.602. The second-order valence-electron chi connectivity index (χ2n) is 6.91. The van der Waals surface area contributed by atoms with Gasteiger partial charge in [0.1, 0.15) is 0 Å². The zero-order chi connectivity index (χ0) is 19.1.